The number of benzene rings is 3. The fraction of sp³-hybridized carbons (Fsp3) is 0.103. The van der Waals surface area contributed by atoms with E-state index in [1.165, 1.54) is 20.3 Å². The molecule has 0 aliphatic heterocycles. The van der Waals surface area contributed by atoms with E-state index in [1.807, 2.05) is 0 Å². The van der Waals surface area contributed by atoms with E-state index in [0.29, 0.717) is 38.3 Å². The molecule has 3 rings (SSSR count). The second kappa shape index (κ2) is 14.3. The van der Waals surface area contributed by atoms with Gasteiger partial charge in [0.15, 0.2) is 11.5 Å². The maximum atomic E-state index is 13.4. The zero-order valence-corrected chi connectivity index (χ0v) is 23.2. The van der Waals surface area contributed by atoms with Crippen molar-refractivity contribution in [1.29, 1.82) is 0 Å². The van der Waals surface area contributed by atoms with Crippen LogP contribution >= 0.6 is 15.9 Å². The van der Waals surface area contributed by atoms with Gasteiger partial charge in [-0.2, -0.15) is 0 Å². The monoisotopic (exact) mass is 607 g/mol. The number of carbonyl (C=O) groups excluding carboxylic acids is 3. The number of halogens is 1. The van der Waals surface area contributed by atoms with Crippen LogP contribution in [0.1, 0.15) is 21.5 Å². The van der Waals surface area contributed by atoms with Gasteiger partial charge in [-0.3, -0.25) is 14.4 Å². The predicted molar refractivity (Wildman–Crippen MR) is 153 cm³/mol. The summed E-state index contributed by atoms with van der Waals surface area (Å²) in [5, 5.41) is 16.7. The fourth-order valence-corrected chi connectivity index (χ4v) is 3.96. The Morgan fingerprint density at radius 1 is 0.900 bits per heavy atom. The summed E-state index contributed by atoms with van der Waals surface area (Å²) >= 11 is 3.46. The normalized spacial score (nSPS) is 11.0. The lowest BCUT2D eigenvalue weighted by Crippen LogP contribution is -2.34. The molecule has 40 heavy (non-hydrogen) atoms. The summed E-state index contributed by atoms with van der Waals surface area (Å²) in [5.74, 6) is -2.25. The number of aliphatic carboxylic acids is 1. The van der Waals surface area contributed by atoms with Crippen molar-refractivity contribution in [3.8, 4) is 11.5 Å². The first kappa shape index (κ1) is 29.7. The summed E-state index contributed by atoms with van der Waals surface area (Å²) in [6, 6.07) is 18.5. The van der Waals surface area contributed by atoms with Gasteiger partial charge in [0.05, 0.1) is 14.2 Å². The van der Waals surface area contributed by atoms with E-state index in [0.717, 1.165) is 12.2 Å². The molecule has 0 spiro atoms. The van der Waals surface area contributed by atoms with Gasteiger partial charge in [-0.05, 0) is 42.0 Å². The third kappa shape index (κ3) is 8.05. The van der Waals surface area contributed by atoms with Gasteiger partial charge in [0.25, 0.3) is 11.8 Å². The average molecular weight is 608 g/mol. The third-order valence-corrected chi connectivity index (χ3v) is 6.13. The second-order valence-corrected chi connectivity index (χ2v) is 8.93. The van der Waals surface area contributed by atoms with Crippen molar-refractivity contribution in [3.05, 3.63) is 106 Å². The molecule has 206 valence electrons. The van der Waals surface area contributed by atoms with Gasteiger partial charge in [0.2, 0.25) is 5.91 Å². The van der Waals surface area contributed by atoms with Gasteiger partial charge >= 0.3 is 5.97 Å². The second-order valence-electron chi connectivity index (χ2n) is 8.08. The molecule has 3 aromatic rings. The number of carboxylic acids is 1. The van der Waals surface area contributed by atoms with Crippen molar-refractivity contribution in [1.82, 2.24) is 10.6 Å². The summed E-state index contributed by atoms with van der Waals surface area (Å²) in [6.45, 7) is -0.0209. The van der Waals surface area contributed by atoms with Gasteiger partial charge in [-0.25, -0.2) is 4.79 Å². The Balaban J connectivity index is 1.92. The first-order valence-electron chi connectivity index (χ1n) is 11.8. The van der Waals surface area contributed by atoms with Crippen LogP contribution in [0.25, 0.3) is 6.08 Å². The molecule has 0 aromatic heterocycles. The molecule has 0 fully saturated rings. The Bertz CT molecular complexity index is 1470. The molecule has 11 heteroatoms. The first-order chi connectivity index (χ1) is 19.2. The number of nitrogens with one attached hydrogen (secondary N) is 3. The number of rotatable bonds is 11. The smallest absolute Gasteiger partial charge is 0.328 e. The highest BCUT2D eigenvalue weighted by molar-refractivity contribution is 9.10. The summed E-state index contributed by atoms with van der Waals surface area (Å²) in [7, 11) is 2.94. The van der Waals surface area contributed by atoms with Gasteiger partial charge < -0.3 is 30.5 Å². The molecule has 0 radical (unpaired) electrons. The topological polar surface area (TPSA) is 143 Å². The van der Waals surface area contributed by atoms with E-state index in [-0.39, 0.29) is 12.2 Å². The Hall–Kier alpha value is -4.90. The van der Waals surface area contributed by atoms with Crippen LogP contribution in [-0.4, -0.2) is 43.0 Å². The summed E-state index contributed by atoms with van der Waals surface area (Å²) in [6.07, 6.45) is 3.07. The van der Waals surface area contributed by atoms with E-state index in [9.17, 15) is 19.2 Å². The number of amides is 3. The zero-order chi connectivity index (χ0) is 29.1. The maximum Gasteiger partial charge on any atom is 0.328 e. The number of anilines is 1. The lowest BCUT2D eigenvalue weighted by atomic mass is 10.1. The highest BCUT2D eigenvalue weighted by atomic mass is 79.9. The van der Waals surface area contributed by atoms with Crippen LogP contribution in [0, 0.1) is 0 Å². The van der Waals surface area contributed by atoms with Crippen LogP contribution in [0.2, 0.25) is 0 Å². The molecule has 0 heterocycles. The minimum Gasteiger partial charge on any atom is -0.493 e. The molecule has 0 aliphatic carbocycles. The molecular formula is C29H26BrN3O7. The molecule has 0 bridgehead atoms. The highest BCUT2D eigenvalue weighted by Gasteiger charge is 2.19. The number of methoxy groups -OCH3 is 2. The lowest BCUT2D eigenvalue weighted by molar-refractivity contribution is -0.131. The molecule has 0 saturated carbocycles. The quantitative estimate of drug-likeness (QED) is 0.240. The number of hydrogen-bond donors (Lipinski definition) is 4. The molecule has 3 amide bonds. The molecule has 0 atom stereocenters. The van der Waals surface area contributed by atoms with E-state index < -0.39 is 23.7 Å². The van der Waals surface area contributed by atoms with Crippen molar-refractivity contribution in [2.75, 3.05) is 19.5 Å². The fourth-order valence-electron chi connectivity index (χ4n) is 3.54. The van der Waals surface area contributed by atoms with Crippen LogP contribution in [0.15, 0.2) is 89.1 Å². The number of para-hydroxylation sites is 1. The number of ether oxygens (including phenoxy) is 2. The molecule has 4 N–H and O–H groups in total. The van der Waals surface area contributed by atoms with E-state index in [4.69, 9.17) is 14.6 Å². The molecule has 0 saturated heterocycles. The van der Waals surface area contributed by atoms with E-state index in [1.54, 1.807) is 66.7 Å². The van der Waals surface area contributed by atoms with Crippen molar-refractivity contribution in [3.63, 3.8) is 0 Å². The van der Waals surface area contributed by atoms with Crippen molar-refractivity contribution in [2.24, 2.45) is 0 Å². The zero-order valence-electron chi connectivity index (χ0n) is 21.6. The summed E-state index contributed by atoms with van der Waals surface area (Å²) in [4.78, 5) is 49.2. The minimum absolute atomic E-state index is 0.0209. The molecule has 0 unspecified atom stereocenters. The Morgan fingerprint density at radius 3 is 2.27 bits per heavy atom. The molecular weight excluding hydrogens is 582 g/mol. The molecule has 3 aromatic carbocycles. The van der Waals surface area contributed by atoms with Crippen molar-refractivity contribution >= 4 is 51.4 Å². The first-order valence-corrected chi connectivity index (χ1v) is 12.6. The van der Waals surface area contributed by atoms with E-state index in [2.05, 4.69) is 31.9 Å². The minimum atomic E-state index is -1.26. The molecule has 10 nitrogen and oxygen atoms in total. The largest absolute Gasteiger partial charge is 0.493 e. The van der Waals surface area contributed by atoms with Crippen LogP contribution < -0.4 is 25.4 Å². The summed E-state index contributed by atoms with van der Waals surface area (Å²) in [5.41, 5.74) is 1.64. The van der Waals surface area contributed by atoms with E-state index >= 15 is 0 Å². The Labute approximate surface area is 238 Å². The van der Waals surface area contributed by atoms with Crippen LogP contribution in [0.4, 0.5) is 5.69 Å². The molecule has 0 aliphatic rings. The highest BCUT2D eigenvalue weighted by Crippen LogP contribution is 2.37. The average Bonchev–Trinajstić information content (AvgIpc) is 2.96. The maximum absolute atomic E-state index is 13.4. The van der Waals surface area contributed by atoms with Crippen molar-refractivity contribution in [2.45, 2.75) is 6.54 Å². The number of carbonyl (C=O) groups is 4. The van der Waals surface area contributed by atoms with Crippen LogP contribution in [0.3, 0.4) is 0 Å². The number of carboxylic acid groups (broad SMARTS) is 1. The third-order valence-electron chi connectivity index (χ3n) is 5.44. The summed E-state index contributed by atoms with van der Waals surface area (Å²) < 4.78 is 11.5. The van der Waals surface area contributed by atoms with Gasteiger partial charge in [-0.15, -0.1) is 0 Å². The predicted octanol–water partition coefficient (Wildman–Crippen LogP) is 4.13. The standard InChI is InChI=1S/C29H26BrN3O7/c1-39-24-13-12-21(30)20(27(24)40-2)16-23(33-28(37)18-8-4-3-5-9-18)29(38)31-17-19-10-6-7-11-22(19)32-25(34)14-15-26(35)36/h3-16H,17H2,1-2H3,(H,31,38)(H,32,34)(H,33,37)(H,35,36)/b15-14+,23-16-. The lowest BCUT2D eigenvalue weighted by Gasteiger charge is -2.16. The van der Waals surface area contributed by atoms with Gasteiger partial charge in [0, 0.05) is 40.0 Å². The van der Waals surface area contributed by atoms with Gasteiger partial charge in [0.1, 0.15) is 5.70 Å². The Morgan fingerprint density at radius 2 is 1.60 bits per heavy atom. The van der Waals surface area contributed by atoms with Crippen molar-refractivity contribution < 1.29 is 33.8 Å². The van der Waals surface area contributed by atoms with Crippen LogP contribution in [-0.2, 0) is 20.9 Å². The number of hydrogen-bond acceptors (Lipinski definition) is 6. The SMILES string of the molecule is COc1ccc(Br)c(/C=C(\NC(=O)c2ccccc2)C(=O)NCc2ccccc2NC(=O)/C=C/C(=O)O)c1OC. The van der Waals surface area contributed by atoms with Crippen LogP contribution in [0.5, 0.6) is 11.5 Å². The van der Waals surface area contributed by atoms with Gasteiger partial charge in [-0.1, -0.05) is 52.3 Å². The Kier molecular flexibility index (Phi) is 10.6.